The molecule has 2 heterocycles. The van der Waals surface area contributed by atoms with Gasteiger partial charge in [-0.25, -0.2) is 0 Å². The van der Waals surface area contributed by atoms with E-state index in [1.165, 1.54) is 11.1 Å². The van der Waals surface area contributed by atoms with E-state index in [0.717, 1.165) is 49.5 Å². The SMILES string of the molecule is COc1cccc(-c2cccc(C[C@H]3CN(Cc4ccncc4)CCN(C)C3=O)c2)c1. The van der Waals surface area contributed by atoms with Crippen LogP contribution in [0.25, 0.3) is 11.1 Å². The van der Waals surface area contributed by atoms with Gasteiger partial charge in [-0.15, -0.1) is 0 Å². The molecule has 2 aromatic carbocycles. The minimum atomic E-state index is -0.0603. The summed E-state index contributed by atoms with van der Waals surface area (Å²) in [5.41, 5.74) is 4.66. The van der Waals surface area contributed by atoms with E-state index in [0.29, 0.717) is 0 Å². The highest BCUT2D eigenvalue weighted by molar-refractivity contribution is 5.79. The van der Waals surface area contributed by atoms with Gasteiger partial charge in [-0.3, -0.25) is 14.7 Å². The van der Waals surface area contributed by atoms with Gasteiger partial charge in [-0.05, 0) is 52.9 Å². The average Bonchev–Trinajstić information content (AvgIpc) is 2.94. The van der Waals surface area contributed by atoms with E-state index < -0.39 is 0 Å². The smallest absolute Gasteiger partial charge is 0.227 e. The van der Waals surface area contributed by atoms with Gasteiger partial charge in [0.25, 0.3) is 0 Å². The summed E-state index contributed by atoms with van der Waals surface area (Å²) >= 11 is 0. The monoisotopic (exact) mass is 415 g/mol. The zero-order valence-corrected chi connectivity index (χ0v) is 18.2. The second-order valence-corrected chi connectivity index (χ2v) is 8.18. The zero-order chi connectivity index (χ0) is 21.6. The Kier molecular flexibility index (Phi) is 6.63. The quantitative estimate of drug-likeness (QED) is 0.613. The van der Waals surface area contributed by atoms with Crippen molar-refractivity contribution in [1.82, 2.24) is 14.8 Å². The van der Waals surface area contributed by atoms with Gasteiger partial charge < -0.3 is 9.64 Å². The fraction of sp³-hybridized carbons (Fsp3) is 0.308. The number of nitrogens with zero attached hydrogens (tertiary/aromatic N) is 3. The van der Waals surface area contributed by atoms with E-state index in [9.17, 15) is 4.79 Å². The first-order chi connectivity index (χ1) is 15.1. The summed E-state index contributed by atoms with van der Waals surface area (Å²) in [5, 5.41) is 0. The predicted octanol–water partition coefficient (Wildman–Crippen LogP) is 3.89. The molecule has 3 aromatic rings. The molecule has 4 rings (SSSR count). The molecular formula is C26H29N3O2. The minimum Gasteiger partial charge on any atom is -0.497 e. The number of pyridine rings is 1. The van der Waals surface area contributed by atoms with Crippen molar-refractivity contribution < 1.29 is 9.53 Å². The van der Waals surface area contributed by atoms with Crippen LogP contribution in [0.2, 0.25) is 0 Å². The van der Waals surface area contributed by atoms with E-state index in [1.54, 1.807) is 7.11 Å². The number of methoxy groups -OCH3 is 1. The minimum absolute atomic E-state index is 0.0603. The van der Waals surface area contributed by atoms with Crippen LogP contribution < -0.4 is 4.74 Å². The molecule has 160 valence electrons. The molecule has 1 aromatic heterocycles. The van der Waals surface area contributed by atoms with Gasteiger partial charge in [0, 0.05) is 45.6 Å². The summed E-state index contributed by atoms with van der Waals surface area (Å²) < 4.78 is 5.37. The molecule has 0 radical (unpaired) electrons. The standard InChI is InChI=1S/C26H29N3O2/c1-28-13-14-29(18-20-9-11-27-12-10-20)19-24(26(28)30)16-21-5-3-6-22(15-21)23-7-4-8-25(17-23)31-2/h3-12,15,17,24H,13-14,16,18-19H2,1-2H3/t24-/m0/s1. The van der Waals surface area contributed by atoms with Crippen molar-refractivity contribution in [2.24, 2.45) is 5.92 Å². The first kappa shape index (κ1) is 21.1. The lowest BCUT2D eigenvalue weighted by atomic mass is 9.94. The van der Waals surface area contributed by atoms with Crippen molar-refractivity contribution in [2.75, 3.05) is 33.8 Å². The largest absolute Gasteiger partial charge is 0.497 e. The van der Waals surface area contributed by atoms with Crippen molar-refractivity contribution in [1.29, 1.82) is 0 Å². The molecule has 1 amide bonds. The molecule has 0 bridgehead atoms. The number of benzene rings is 2. The molecule has 1 atom stereocenters. The number of hydrogen-bond acceptors (Lipinski definition) is 4. The Morgan fingerprint density at radius 3 is 2.48 bits per heavy atom. The summed E-state index contributed by atoms with van der Waals surface area (Å²) in [6.07, 6.45) is 4.38. The third-order valence-electron chi connectivity index (χ3n) is 5.92. The molecule has 1 saturated heterocycles. The van der Waals surface area contributed by atoms with Crippen molar-refractivity contribution in [3.63, 3.8) is 0 Å². The van der Waals surface area contributed by atoms with E-state index in [1.807, 2.05) is 54.7 Å². The molecule has 5 nitrogen and oxygen atoms in total. The lowest BCUT2D eigenvalue weighted by Gasteiger charge is -2.23. The number of likely N-dealkylation sites (N-methyl/N-ethyl adjacent to an activating group) is 1. The van der Waals surface area contributed by atoms with Crippen molar-refractivity contribution >= 4 is 5.91 Å². The maximum absolute atomic E-state index is 13.1. The Bertz CT molecular complexity index is 1020. The fourth-order valence-electron chi connectivity index (χ4n) is 4.20. The van der Waals surface area contributed by atoms with Gasteiger partial charge in [0.15, 0.2) is 0 Å². The zero-order valence-electron chi connectivity index (χ0n) is 18.2. The van der Waals surface area contributed by atoms with Crippen LogP contribution >= 0.6 is 0 Å². The molecule has 1 fully saturated rings. The molecular weight excluding hydrogens is 386 g/mol. The molecule has 31 heavy (non-hydrogen) atoms. The van der Waals surface area contributed by atoms with Crippen LogP contribution in [-0.4, -0.2) is 54.5 Å². The number of aromatic nitrogens is 1. The summed E-state index contributed by atoms with van der Waals surface area (Å²) in [6, 6.07) is 20.7. The van der Waals surface area contributed by atoms with Gasteiger partial charge in [0.05, 0.1) is 13.0 Å². The Balaban J connectivity index is 1.52. The summed E-state index contributed by atoms with van der Waals surface area (Å²) in [5.74, 6) is 1.01. The highest BCUT2D eigenvalue weighted by Gasteiger charge is 2.28. The molecule has 0 saturated carbocycles. The number of rotatable bonds is 6. The van der Waals surface area contributed by atoms with E-state index in [4.69, 9.17) is 4.74 Å². The second kappa shape index (κ2) is 9.75. The van der Waals surface area contributed by atoms with Crippen molar-refractivity contribution in [3.05, 3.63) is 84.2 Å². The van der Waals surface area contributed by atoms with Crippen molar-refractivity contribution in [2.45, 2.75) is 13.0 Å². The van der Waals surface area contributed by atoms with Crippen LogP contribution in [0.1, 0.15) is 11.1 Å². The van der Waals surface area contributed by atoms with Gasteiger partial charge in [0.2, 0.25) is 5.91 Å². The summed E-state index contributed by atoms with van der Waals surface area (Å²) in [7, 11) is 3.60. The number of carbonyl (C=O) groups is 1. The molecule has 1 aliphatic rings. The first-order valence-corrected chi connectivity index (χ1v) is 10.7. The van der Waals surface area contributed by atoms with Crippen LogP contribution in [0.15, 0.2) is 73.1 Å². The fourth-order valence-corrected chi connectivity index (χ4v) is 4.20. The maximum atomic E-state index is 13.1. The van der Waals surface area contributed by atoms with Gasteiger partial charge in [-0.1, -0.05) is 36.4 Å². The van der Waals surface area contributed by atoms with Gasteiger partial charge >= 0.3 is 0 Å². The Hall–Kier alpha value is -3.18. The molecule has 5 heteroatoms. The Morgan fingerprint density at radius 1 is 0.968 bits per heavy atom. The van der Waals surface area contributed by atoms with E-state index >= 15 is 0 Å². The second-order valence-electron chi connectivity index (χ2n) is 8.18. The third kappa shape index (κ3) is 5.30. The Labute approximate surface area is 184 Å². The summed E-state index contributed by atoms with van der Waals surface area (Å²) in [6.45, 7) is 3.23. The number of ether oxygens (including phenoxy) is 1. The predicted molar refractivity (Wildman–Crippen MR) is 123 cm³/mol. The van der Waals surface area contributed by atoms with Crippen LogP contribution in [-0.2, 0) is 17.8 Å². The number of amides is 1. The van der Waals surface area contributed by atoms with Crippen molar-refractivity contribution in [3.8, 4) is 16.9 Å². The van der Waals surface area contributed by atoms with Crippen LogP contribution in [0.5, 0.6) is 5.75 Å². The topological polar surface area (TPSA) is 45.7 Å². The van der Waals surface area contributed by atoms with Crippen LogP contribution in [0, 0.1) is 5.92 Å². The van der Waals surface area contributed by atoms with Gasteiger partial charge in [-0.2, -0.15) is 0 Å². The highest BCUT2D eigenvalue weighted by Crippen LogP contribution is 2.26. The lowest BCUT2D eigenvalue weighted by Crippen LogP contribution is -2.34. The molecule has 0 aliphatic carbocycles. The van der Waals surface area contributed by atoms with E-state index in [2.05, 4.69) is 40.2 Å². The number of carbonyl (C=O) groups excluding carboxylic acids is 1. The van der Waals surface area contributed by atoms with Crippen LogP contribution in [0.4, 0.5) is 0 Å². The Morgan fingerprint density at radius 2 is 1.71 bits per heavy atom. The molecule has 0 N–H and O–H groups in total. The van der Waals surface area contributed by atoms with Gasteiger partial charge in [0.1, 0.15) is 5.75 Å². The maximum Gasteiger partial charge on any atom is 0.227 e. The normalized spacial score (nSPS) is 17.4. The first-order valence-electron chi connectivity index (χ1n) is 10.7. The molecule has 1 aliphatic heterocycles. The molecule has 0 spiro atoms. The number of hydrogen-bond donors (Lipinski definition) is 0. The third-order valence-corrected chi connectivity index (χ3v) is 5.92. The highest BCUT2D eigenvalue weighted by atomic mass is 16.5. The van der Waals surface area contributed by atoms with Crippen LogP contribution in [0.3, 0.4) is 0 Å². The average molecular weight is 416 g/mol. The molecule has 0 unspecified atom stereocenters. The lowest BCUT2D eigenvalue weighted by molar-refractivity contribution is -0.133. The van der Waals surface area contributed by atoms with E-state index in [-0.39, 0.29) is 11.8 Å². The summed E-state index contributed by atoms with van der Waals surface area (Å²) in [4.78, 5) is 21.4.